The standard InChI is InChI=1S/C18H24N2/c1-3-9-20-18(13-16-7-10-19-11-8-16)14-17-6-4-5-15(2)12-17/h4-8,10-12,18,20H,3,9,13-14H2,1-2H3. The van der Waals surface area contributed by atoms with Gasteiger partial charge in [-0.2, -0.15) is 0 Å². The van der Waals surface area contributed by atoms with Gasteiger partial charge in [-0.25, -0.2) is 0 Å². The van der Waals surface area contributed by atoms with Crippen LogP contribution in [0, 0.1) is 6.92 Å². The van der Waals surface area contributed by atoms with Crippen molar-refractivity contribution in [1.82, 2.24) is 10.3 Å². The molecule has 1 aromatic heterocycles. The van der Waals surface area contributed by atoms with Crippen LogP contribution >= 0.6 is 0 Å². The Morgan fingerprint density at radius 2 is 1.80 bits per heavy atom. The Labute approximate surface area is 122 Å². The quantitative estimate of drug-likeness (QED) is 0.830. The van der Waals surface area contributed by atoms with E-state index in [-0.39, 0.29) is 0 Å². The van der Waals surface area contributed by atoms with Crippen LogP contribution in [0.3, 0.4) is 0 Å². The Morgan fingerprint density at radius 3 is 2.50 bits per heavy atom. The third kappa shape index (κ3) is 4.78. The van der Waals surface area contributed by atoms with Gasteiger partial charge in [0.05, 0.1) is 0 Å². The van der Waals surface area contributed by atoms with E-state index in [2.05, 4.69) is 60.5 Å². The largest absolute Gasteiger partial charge is 0.313 e. The topological polar surface area (TPSA) is 24.9 Å². The summed E-state index contributed by atoms with van der Waals surface area (Å²) in [5.41, 5.74) is 4.09. The average Bonchev–Trinajstić information content (AvgIpc) is 2.46. The van der Waals surface area contributed by atoms with Gasteiger partial charge >= 0.3 is 0 Å². The smallest absolute Gasteiger partial charge is 0.0270 e. The maximum atomic E-state index is 4.09. The van der Waals surface area contributed by atoms with Crippen molar-refractivity contribution in [2.24, 2.45) is 0 Å². The SMILES string of the molecule is CCCNC(Cc1ccncc1)Cc1cccc(C)c1. The Morgan fingerprint density at radius 1 is 1.05 bits per heavy atom. The van der Waals surface area contributed by atoms with Gasteiger partial charge in [-0.3, -0.25) is 4.98 Å². The van der Waals surface area contributed by atoms with Gasteiger partial charge in [-0.15, -0.1) is 0 Å². The molecule has 0 saturated heterocycles. The van der Waals surface area contributed by atoms with Gasteiger partial charge in [0.25, 0.3) is 0 Å². The van der Waals surface area contributed by atoms with Crippen LogP contribution in [0.5, 0.6) is 0 Å². The Bertz CT molecular complexity index is 508. The molecular formula is C18H24N2. The lowest BCUT2D eigenvalue weighted by Crippen LogP contribution is -2.33. The molecule has 0 spiro atoms. The van der Waals surface area contributed by atoms with Crippen LogP contribution in [-0.2, 0) is 12.8 Å². The highest BCUT2D eigenvalue weighted by atomic mass is 14.9. The van der Waals surface area contributed by atoms with Crippen LogP contribution < -0.4 is 5.32 Å². The number of rotatable bonds is 7. The molecule has 2 nitrogen and oxygen atoms in total. The Hall–Kier alpha value is -1.67. The van der Waals surface area contributed by atoms with Gasteiger partial charge in [0.1, 0.15) is 0 Å². The molecule has 0 saturated carbocycles. The molecule has 0 aliphatic carbocycles. The fraction of sp³-hybridized carbons (Fsp3) is 0.389. The van der Waals surface area contributed by atoms with Crippen molar-refractivity contribution in [3.05, 3.63) is 65.5 Å². The zero-order valence-corrected chi connectivity index (χ0v) is 12.5. The third-order valence-corrected chi connectivity index (χ3v) is 3.48. The molecular weight excluding hydrogens is 244 g/mol. The first-order chi connectivity index (χ1) is 9.78. The molecule has 0 fully saturated rings. The second-order valence-electron chi connectivity index (χ2n) is 5.40. The van der Waals surface area contributed by atoms with Crippen molar-refractivity contribution >= 4 is 0 Å². The lowest BCUT2D eigenvalue weighted by atomic mass is 9.98. The summed E-state index contributed by atoms with van der Waals surface area (Å²) in [4.78, 5) is 4.09. The lowest BCUT2D eigenvalue weighted by molar-refractivity contribution is 0.504. The molecule has 0 radical (unpaired) electrons. The highest BCUT2D eigenvalue weighted by Crippen LogP contribution is 2.10. The van der Waals surface area contributed by atoms with Gasteiger partial charge in [-0.05, 0) is 56.0 Å². The minimum Gasteiger partial charge on any atom is -0.313 e. The zero-order chi connectivity index (χ0) is 14.2. The van der Waals surface area contributed by atoms with Crippen molar-refractivity contribution in [2.45, 2.75) is 39.2 Å². The normalized spacial score (nSPS) is 12.3. The molecule has 0 amide bonds. The minimum atomic E-state index is 0.485. The summed E-state index contributed by atoms with van der Waals surface area (Å²) in [5, 5.41) is 3.67. The number of benzene rings is 1. The lowest BCUT2D eigenvalue weighted by Gasteiger charge is -2.19. The van der Waals surface area contributed by atoms with E-state index >= 15 is 0 Å². The van der Waals surface area contributed by atoms with E-state index in [0.717, 1.165) is 19.4 Å². The van der Waals surface area contributed by atoms with E-state index in [0.29, 0.717) is 6.04 Å². The highest BCUT2D eigenvalue weighted by Gasteiger charge is 2.10. The summed E-state index contributed by atoms with van der Waals surface area (Å²) >= 11 is 0. The van der Waals surface area contributed by atoms with Crippen LogP contribution in [0.15, 0.2) is 48.8 Å². The van der Waals surface area contributed by atoms with Crippen LogP contribution in [-0.4, -0.2) is 17.6 Å². The number of aromatic nitrogens is 1. The van der Waals surface area contributed by atoms with Crippen molar-refractivity contribution in [1.29, 1.82) is 0 Å². The predicted molar refractivity (Wildman–Crippen MR) is 84.9 cm³/mol. The van der Waals surface area contributed by atoms with Gasteiger partial charge in [0, 0.05) is 18.4 Å². The summed E-state index contributed by atoms with van der Waals surface area (Å²) in [6.07, 6.45) is 7.04. The van der Waals surface area contributed by atoms with Crippen LogP contribution in [0.4, 0.5) is 0 Å². The molecule has 1 heterocycles. The number of aryl methyl sites for hydroxylation is 1. The van der Waals surface area contributed by atoms with E-state index in [4.69, 9.17) is 0 Å². The second kappa shape index (κ2) is 7.81. The summed E-state index contributed by atoms with van der Waals surface area (Å²) in [7, 11) is 0. The van der Waals surface area contributed by atoms with Crippen molar-refractivity contribution in [2.75, 3.05) is 6.54 Å². The first-order valence-electron chi connectivity index (χ1n) is 7.45. The van der Waals surface area contributed by atoms with E-state index in [9.17, 15) is 0 Å². The number of nitrogens with one attached hydrogen (secondary N) is 1. The first-order valence-corrected chi connectivity index (χ1v) is 7.45. The molecule has 1 N–H and O–H groups in total. The van der Waals surface area contributed by atoms with Gasteiger partial charge in [0.15, 0.2) is 0 Å². The molecule has 1 unspecified atom stereocenters. The molecule has 1 aromatic carbocycles. The maximum absolute atomic E-state index is 4.09. The monoisotopic (exact) mass is 268 g/mol. The molecule has 106 valence electrons. The molecule has 20 heavy (non-hydrogen) atoms. The Kier molecular flexibility index (Phi) is 5.75. The molecule has 0 aliphatic heterocycles. The summed E-state index contributed by atoms with van der Waals surface area (Å²) in [5.74, 6) is 0. The zero-order valence-electron chi connectivity index (χ0n) is 12.5. The fourth-order valence-electron chi connectivity index (χ4n) is 2.49. The Balaban J connectivity index is 2.03. The van der Waals surface area contributed by atoms with Crippen molar-refractivity contribution in [3.8, 4) is 0 Å². The van der Waals surface area contributed by atoms with Crippen LogP contribution in [0.2, 0.25) is 0 Å². The van der Waals surface area contributed by atoms with Crippen molar-refractivity contribution in [3.63, 3.8) is 0 Å². The summed E-state index contributed by atoms with van der Waals surface area (Å²) in [6.45, 7) is 5.44. The first kappa shape index (κ1) is 14.7. The minimum absolute atomic E-state index is 0.485. The highest BCUT2D eigenvalue weighted by molar-refractivity contribution is 5.23. The third-order valence-electron chi connectivity index (χ3n) is 3.48. The number of pyridine rings is 1. The molecule has 2 rings (SSSR count). The molecule has 2 heteroatoms. The van der Waals surface area contributed by atoms with E-state index < -0.39 is 0 Å². The molecule has 0 bridgehead atoms. The molecule has 2 aromatic rings. The summed E-state index contributed by atoms with van der Waals surface area (Å²) < 4.78 is 0. The van der Waals surface area contributed by atoms with Gasteiger partial charge < -0.3 is 5.32 Å². The van der Waals surface area contributed by atoms with Crippen LogP contribution in [0.25, 0.3) is 0 Å². The molecule has 0 aliphatic rings. The van der Waals surface area contributed by atoms with Gasteiger partial charge in [0.2, 0.25) is 0 Å². The average molecular weight is 268 g/mol. The fourth-order valence-corrected chi connectivity index (χ4v) is 2.49. The number of nitrogens with zero attached hydrogens (tertiary/aromatic N) is 1. The second-order valence-corrected chi connectivity index (χ2v) is 5.40. The van der Waals surface area contributed by atoms with E-state index in [1.54, 1.807) is 0 Å². The number of hydrogen-bond acceptors (Lipinski definition) is 2. The van der Waals surface area contributed by atoms with E-state index in [1.165, 1.54) is 23.1 Å². The maximum Gasteiger partial charge on any atom is 0.0270 e. The van der Waals surface area contributed by atoms with Gasteiger partial charge in [-0.1, -0.05) is 36.8 Å². The molecule has 1 atom stereocenters. The number of hydrogen-bond donors (Lipinski definition) is 1. The van der Waals surface area contributed by atoms with E-state index in [1.807, 2.05) is 12.4 Å². The summed E-state index contributed by atoms with van der Waals surface area (Å²) in [6, 6.07) is 13.5. The van der Waals surface area contributed by atoms with Crippen molar-refractivity contribution < 1.29 is 0 Å². The van der Waals surface area contributed by atoms with Crippen LogP contribution in [0.1, 0.15) is 30.0 Å². The predicted octanol–water partition coefficient (Wildman–Crippen LogP) is 3.54.